The number of carbonyl (C=O) groups excluding carboxylic acids is 1. The van der Waals surface area contributed by atoms with E-state index in [9.17, 15) is 4.79 Å². The van der Waals surface area contributed by atoms with Crippen molar-refractivity contribution in [2.24, 2.45) is 0 Å². The SMILES string of the molecule is CCOc1ccc(C(=O)NCc2ccc(OC)cc2)cc1OC. The van der Waals surface area contributed by atoms with Crippen LogP contribution in [0.25, 0.3) is 0 Å². The summed E-state index contributed by atoms with van der Waals surface area (Å²) in [7, 11) is 3.17. The Bertz CT molecular complexity index is 653. The molecule has 122 valence electrons. The second-order valence-corrected chi connectivity index (χ2v) is 4.83. The summed E-state index contributed by atoms with van der Waals surface area (Å²) >= 11 is 0. The van der Waals surface area contributed by atoms with E-state index in [-0.39, 0.29) is 5.91 Å². The van der Waals surface area contributed by atoms with E-state index in [2.05, 4.69) is 5.32 Å². The van der Waals surface area contributed by atoms with Gasteiger partial charge in [-0.25, -0.2) is 0 Å². The maximum atomic E-state index is 12.2. The average Bonchev–Trinajstić information content (AvgIpc) is 2.60. The molecule has 0 saturated heterocycles. The van der Waals surface area contributed by atoms with Gasteiger partial charge in [-0.05, 0) is 42.8 Å². The lowest BCUT2D eigenvalue weighted by Gasteiger charge is -2.11. The van der Waals surface area contributed by atoms with Crippen molar-refractivity contribution in [3.8, 4) is 17.2 Å². The summed E-state index contributed by atoms with van der Waals surface area (Å²) < 4.78 is 15.8. The van der Waals surface area contributed by atoms with E-state index in [0.717, 1.165) is 11.3 Å². The van der Waals surface area contributed by atoms with Crippen molar-refractivity contribution in [2.75, 3.05) is 20.8 Å². The van der Waals surface area contributed by atoms with Crippen LogP contribution in [0.3, 0.4) is 0 Å². The summed E-state index contributed by atoms with van der Waals surface area (Å²) in [5.74, 6) is 1.80. The highest BCUT2D eigenvalue weighted by molar-refractivity contribution is 5.94. The maximum absolute atomic E-state index is 12.2. The minimum absolute atomic E-state index is 0.165. The normalized spacial score (nSPS) is 10.0. The molecule has 1 amide bonds. The van der Waals surface area contributed by atoms with E-state index in [0.29, 0.717) is 30.2 Å². The van der Waals surface area contributed by atoms with Crippen LogP contribution >= 0.6 is 0 Å². The number of nitrogens with one attached hydrogen (secondary N) is 1. The molecule has 0 aliphatic heterocycles. The Hall–Kier alpha value is -2.69. The molecule has 0 heterocycles. The maximum Gasteiger partial charge on any atom is 0.251 e. The van der Waals surface area contributed by atoms with Crippen LogP contribution in [-0.2, 0) is 6.54 Å². The van der Waals surface area contributed by atoms with Gasteiger partial charge in [-0.1, -0.05) is 12.1 Å². The van der Waals surface area contributed by atoms with Gasteiger partial charge in [0.15, 0.2) is 11.5 Å². The van der Waals surface area contributed by atoms with Crippen molar-refractivity contribution in [3.05, 3.63) is 53.6 Å². The summed E-state index contributed by atoms with van der Waals surface area (Å²) in [6.45, 7) is 2.88. The molecule has 2 aromatic rings. The van der Waals surface area contributed by atoms with Gasteiger partial charge >= 0.3 is 0 Å². The molecule has 1 N–H and O–H groups in total. The van der Waals surface area contributed by atoms with Crippen LogP contribution in [0.5, 0.6) is 17.2 Å². The van der Waals surface area contributed by atoms with Crippen LogP contribution in [0.1, 0.15) is 22.8 Å². The summed E-state index contributed by atoms with van der Waals surface area (Å²) in [4.78, 5) is 12.2. The molecule has 0 aromatic heterocycles. The van der Waals surface area contributed by atoms with Gasteiger partial charge in [0.05, 0.1) is 20.8 Å². The van der Waals surface area contributed by atoms with Gasteiger partial charge in [0.25, 0.3) is 5.91 Å². The fraction of sp³-hybridized carbons (Fsp3) is 0.278. The lowest BCUT2D eigenvalue weighted by atomic mass is 10.1. The molecule has 0 bridgehead atoms. The van der Waals surface area contributed by atoms with Crippen LogP contribution in [0, 0.1) is 0 Å². The third-order valence-electron chi connectivity index (χ3n) is 3.34. The summed E-state index contributed by atoms with van der Waals surface area (Å²) in [6.07, 6.45) is 0. The van der Waals surface area contributed by atoms with Gasteiger partial charge in [-0.2, -0.15) is 0 Å². The molecule has 5 nitrogen and oxygen atoms in total. The highest BCUT2D eigenvalue weighted by Gasteiger charge is 2.10. The minimum atomic E-state index is -0.165. The Balaban J connectivity index is 2.02. The Morgan fingerprint density at radius 2 is 1.74 bits per heavy atom. The number of rotatable bonds is 7. The number of hydrogen-bond acceptors (Lipinski definition) is 4. The molecule has 0 fully saturated rings. The van der Waals surface area contributed by atoms with E-state index in [1.54, 1.807) is 32.4 Å². The highest BCUT2D eigenvalue weighted by atomic mass is 16.5. The van der Waals surface area contributed by atoms with Gasteiger partial charge in [0.1, 0.15) is 5.75 Å². The van der Waals surface area contributed by atoms with E-state index < -0.39 is 0 Å². The molecule has 2 rings (SSSR count). The molecule has 23 heavy (non-hydrogen) atoms. The molecule has 5 heteroatoms. The van der Waals surface area contributed by atoms with E-state index >= 15 is 0 Å². The van der Waals surface area contributed by atoms with Crippen LogP contribution in [0.4, 0.5) is 0 Å². The lowest BCUT2D eigenvalue weighted by molar-refractivity contribution is 0.0950. The number of carbonyl (C=O) groups is 1. The number of ether oxygens (including phenoxy) is 3. The number of amides is 1. The molecule has 0 radical (unpaired) electrons. The van der Waals surface area contributed by atoms with Crippen LogP contribution in [-0.4, -0.2) is 26.7 Å². The third kappa shape index (κ3) is 4.39. The highest BCUT2D eigenvalue weighted by Crippen LogP contribution is 2.28. The molecule has 0 aliphatic carbocycles. The summed E-state index contributed by atoms with van der Waals surface area (Å²) in [5, 5.41) is 2.88. The first kappa shape index (κ1) is 16.7. The van der Waals surface area contributed by atoms with Crippen LogP contribution in [0.2, 0.25) is 0 Å². The topological polar surface area (TPSA) is 56.8 Å². The van der Waals surface area contributed by atoms with Gasteiger partial charge in [-0.3, -0.25) is 4.79 Å². The van der Waals surface area contributed by atoms with Crippen molar-refractivity contribution in [1.29, 1.82) is 0 Å². The molecule has 0 atom stereocenters. The van der Waals surface area contributed by atoms with Crippen LogP contribution in [0.15, 0.2) is 42.5 Å². The van der Waals surface area contributed by atoms with Crippen molar-refractivity contribution >= 4 is 5.91 Å². The minimum Gasteiger partial charge on any atom is -0.497 e. The summed E-state index contributed by atoms with van der Waals surface area (Å²) in [6, 6.07) is 12.7. The zero-order valence-electron chi connectivity index (χ0n) is 13.6. The lowest BCUT2D eigenvalue weighted by Crippen LogP contribution is -2.22. The quantitative estimate of drug-likeness (QED) is 0.853. The van der Waals surface area contributed by atoms with Gasteiger partial charge in [0, 0.05) is 12.1 Å². The van der Waals surface area contributed by atoms with Crippen LogP contribution < -0.4 is 19.5 Å². The molecule has 0 unspecified atom stereocenters. The zero-order valence-corrected chi connectivity index (χ0v) is 13.6. The third-order valence-corrected chi connectivity index (χ3v) is 3.34. The first-order chi connectivity index (χ1) is 11.2. The second-order valence-electron chi connectivity index (χ2n) is 4.83. The van der Waals surface area contributed by atoms with E-state index in [1.165, 1.54) is 0 Å². The molecular formula is C18H21NO4. The average molecular weight is 315 g/mol. The van der Waals surface area contributed by atoms with E-state index in [4.69, 9.17) is 14.2 Å². The first-order valence-electron chi connectivity index (χ1n) is 7.40. The molecule has 0 spiro atoms. The van der Waals surface area contributed by atoms with Crippen molar-refractivity contribution in [2.45, 2.75) is 13.5 Å². The fourth-order valence-electron chi connectivity index (χ4n) is 2.11. The standard InChI is InChI=1S/C18H21NO4/c1-4-23-16-10-7-14(11-17(16)22-3)18(20)19-12-13-5-8-15(21-2)9-6-13/h5-11H,4,12H2,1-3H3,(H,19,20). The summed E-state index contributed by atoms with van der Waals surface area (Å²) in [5.41, 5.74) is 1.52. The van der Waals surface area contributed by atoms with Crippen molar-refractivity contribution < 1.29 is 19.0 Å². The Morgan fingerprint density at radius 3 is 2.35 bits per heavy atom. The predicted molar refractivity (Wildman–Crippen MR) is 88.3 cm³/mol. The number of methoxy groups -OCH3 is 2. The first-order valence-corrected chi connectivity index (χ1v) is 7.40. The number of benzene rings is 2. The molecular weight excluding hydrogens is 294 g/mol. The largest absolute Gasteiger partial charge is 0.497 e. The van der Waals surface area contributed by atoms with Gasteiger partial charge in [0.2, 0.25) is 0 Å². The number of hydrogen-bond donors (Lipinski definition) is 1. The van der Waals surface area contributed by atoms with E-state index in [1.807, 2.05) is 31.2 Å². The predicted octanol–water partition coefficient (Wildman–Crippen LogP) is 3.03. The van der Waals surface area contributed by atoms with Crippen molar-refractivity contribution in [3.63, 3.8) is 0 Å². The molecule has 2 aromatic carbocycles. The Kier molecular flexibility index (Phi) is 5.86. The Labute approximate surface area is 136 Å². The Morgan fingerprint density at radius 1 is 1.00 bits per heavy atom. The van der Waals surface area contributed by atoms with Gasteiger partial charge < -0.3 is 19.5 Å². The monoisotopic (exact) mass is 315 g/mol. The fourth-order valence-corrected chi connectivity index (χ4v) is 2.11. The molecule has 0 saturated carbocycles. The smallest absolute Gasteiger partial charge is 0.251 e. The van der Waals surface area contributed by atoms with Crippen molar-refractivity contribution in [1.82, 2.24) is 5.32 Å². The van der Waals surface area contributed by atoms with Gasteiger partial charge in [-0.15, -0.1) is 0 Å². The second kappa shape index (κ2) is 8.08. The molecule has 0 aliphatic rings. The zero-order chi connectivity index (χ0) is 16.7.